The standard InChI is InChI=1S/C25H27N9O2/c1-6-34-21(16-9-26-14(2)27-10-16)31-19-18(29-13-30-22(19)34)15-7-17-20(28-8-15)32-23(35)25(17,4)33-11-24(3,12-33)36-5/h7-10,13H,6,11-12H2,1-5H3,(H,28,32,35)/t25-/m1/s1. The third-order valence-corrected chi connectivity index (χ3v) is 7.42. The number of carbonyl (C=O) groups is 1. The molecule has 1 fully saturated rings. The van der Waals surface area contributed by atoms with Crippen molar-refractivity contribution in [2.75, 3.05) is 25.5 Å². The van der Waals surface area contributed by atoms with Gasteiger partial charge >= 0.3 is 0 Å². The van der Waals surface area contributed by atoms with E-state index in [9.17, 15) is 4.79 Å². The van der Waals surface area contributed by atoms with Gasteiger partial charge in [0.1, 0.15) is 40.5 Å². The van der Waals surface area contributed by atoms with Crippen molar-refractivity contribution in [3.8, 4) is 22.6 Å². The lowest BCUT2D eigenvalue weighted by Crippen LogP contribution is -2.68. The molecule has 0 bridgehead atoms. The summed E-state index contributed by atoms with van der Waals surface area (Å²) in [6.45, 7) is 9.85. The van der Waals surface area contributed by atoms with E-state index >= 15 is 0 Å². The predicted molar refractivity (Wildman–Crippen MR) is 133 cm³/mol. The maximum absolute atomic E-state index is 13.1. The molecule has 6 heterocycles. The predicted octanol–water partition coefficient (Wildman–Crippen LogP) is 2.56. The van der Waals surface area contributed by atoms with Crippen LogP contribution in [0, 0.1) is 6.92 Å². The summed E-state index contributed by atoms with van der Waals surface area (Å²) in [4.78, 5) is 42.5. The summed E-state index contributed by atoms with van der Waals surface area (Å²) < 4.78 is 7.64. The van der Waals surface area contributed by atoms with Gasteiger partial charge in [-0.3, -0.25) is 9.69 Å². The first-order chi connectivity index (χ1) is 17.3. The molecule has 0 radical (unpaired) electrons. The summed E-state index contributed by atoms with van der Waals surface area (Å²) in [6.07, 6.45) is 6.80. The van der Waals surface area contributed by atoms with Gasteiger partial charge in [0.2, 0.25) is 0 Å². The molecule has 11 heteroatoms. The summed E-state index contributed by atoms with van der Waals surface area (Å²) in [5, 5.41) is 2.95. The fraction of sp³-hybridized carbons (Fsp3) is 0.400. The number of methoxy groups -OCH3 is 1. The Kier molecular flexibility index (Phi) is 4.92. The van der Waals surface area contributed by atoms with E-state index < -0.39 is 5.54 Å². The number of fused-ring (bicyclic) bond motifs is 2. The molecule has 2 aliphatic rings. The molecule has 2 aliphatic heterocycles. The molecule has 4 aromatic heterocycles. The average Bonchev–Trinajstić information content (AvgIpc) is 3.37. The average molecular weight is 486 g/mol. The number of likely N-dealkylation sites (tertiary alicyclic amines) is 1. The number of nitrogens with one attached hydrogen (secondary N) is 1. The van der Waals surface area contributed by atoms with Gasteiger partial charge in [0.15, 0.2) is 5.65 Å². The van der Waals surface area contributed by atoms with Gasteiger partial charge in [-0.15, -0.1) is 0 Å². The first-order valence-electron chi connectivity index (χ1n) is 11.9. The number of pyridine rings is 1. The normalized spacial score (nSPS) is 20.9. The molecule has 11 nitrogen and oxygen atoms in total. The second-order valence-electron chi connectivity index (χ2n) is 9.75. The highest BCUT2D eigenvalue weighted by Crippen LogP contribution is 2.45. The van der Waals surface area contributed by atoms with Crippen LogP contribution >= 0.6 is 0 Å². The minimum Gasteiger partial charge on any atom is -0.376 e. The van der Waals surface area contributed by atoms with Crippen LogP contribution in [-0.4, -0.2) is 71.1 Å². The number of hydrogen-bond acceptors (Lipinski definition) is 9. The topological polar surface area (TPSA) is 124 Å². The maximum atomic E-state index is 13.1. The highest BCUT2D eigenvalue weighted by Gasteiger charge is 2.55. The molecule has 0 aromatic carbocycles. The first kappa shape index (κ1) is 22.6. The molecule has 0 unspecified atom stereocenters. The van der Waals surface area contributed by atoms with Crippen molar-refractivity contribution in [2.45, 2.75) is 45.4 Å². The number of carbonyl (C=O) groups excluding carboxylic acids is 1. The second kappa shape index (κ2) is 7.84. The molecule has 36 heavy (non-hydrogen) atoms. The molecule has 1 saturated heterocycles. The van der Waals surface area contributed by atoms with Crippen LogP contribution in [0.2, 0.25) is 0 Å². The van der Waals surface area contributed by atoms with Gasteiger partial charge in [-0.1, -0.05) is 0 Å². The van der Waals surface area contributed by atoms with Crippen LogP contribution in [0.3, 0.4) is 0 Å². The van der Waals surface area contributed by atoms with Crippen LogP contribution in [0.1, 0.15) is 32.2 Å². The van der Waals surface area contributed by atoms with Crippen LogP contribution in [0.15, 0.2) is 31.0 Å². The summed E-state index contributed by atoms with van der Waals surface area (Å²) >= 11 is 0. The Bertz CT molecular complexity index is 1510. The number of aromatic nitrogens is 7. The van der Waals surface area contributed by atoms with E-state index in [1.165, 1.54) is 6.33 Å². The number of imidazole rings is 1. The third-order valence-electron chi connectivity index (χ3n) is 7.42. The van der Waals surface area contributed by atoms with Gasteiger partial charge < -0.3 is 14.6 Å². The van der Waals surface area contributed by atoms with E-state index in [1.807, 2.05) is 38.3 Å². The van der Waals surface area contributed by atoms with Crippen molar-refractivity contribution in [3.63, 3.8) is 0 Å². The number of anilines is 1. The van der Waals surface area contributed by atoms with Crippen LogP contribution in [0.5, 0.6) is 0 Å². The van der Waals surface area contributed by atoms with Crippen molar-refractivity contribution < 1.29 is 9.53 Å². The number of ether oxygens (including phenoxy) is 1. The van der Waals surface area contributed by atoms with E-state index in [1.54, 1.807) is 25.7 Å². The quantitative estimate of drug-likeness (QED) is 0.454. The summed E-state index contributed by atoms with van der Waals surface area (Å²) in [5.74, 6) is 1.90. The highest BCUT2D eigenvalue weighted by atomic mass is 16.5. The highest BCUT2D eigenvalue weighted by molar-refractivity contribution is 6.05. The monoisotopic (exact) mass is 485 g/mol. The minimum atomic E-state index is -0.851. The summed E-state index contributed by atoms with van der Waals surface area (Å²) in [7, 11) is 1.70. The molecule has 1 N–H and O–H groups in total. The Morgan fingerprint density at radius 2 is 1.78 bits per heavy atom. The van der Waals surface area contributed by atoms with Crippen LogP contribution in [0.25, 0.3) is 33.8 Å². The minimum absolute atomic E-state index is 0.0925. The van der Waals surface area contributed by atoms with Gasteiger partial charge in [-0.05, 0) is 33.8 Å². The van der Waals surface area contributed by atoms with Crippen molar-refractivity contribution in [1.82, 2.24) is 39.4 Å². The van der Waals surface area contributed by atoms with Crippen LogP contribution in [0.4, 0.5) is 5.82 Å². The Balaban J connectivity index is 1.47. The lowest BCUT2D eigenvalue weighted by Gasteiger charge is -2.53. The third kappa shape index (κ3) is 3.16. The largest absolute Gasteiger partial charge is 0.376 e. The molecule has 0 spiro atoms. The molecule has 0 aliphatic carbocycles. The molecule has 1 atom stereocenters. The van der Waals surface area contributed by atoms with Gasteiger partial charge in [0, 0.05) is 56.5 Å². The Morgan fingerprint density at radius 1 is 1.06 bits per heavy atom. The summed E-state index contributed by atoms with van der Waals surface area (Å²) in [6, 6.07) is 1.99. The fourth-order valence-corrected chi connectivity index (χ4v) is 5.11. The number of aryl methyl sites for hydroxylation is 2. The smallest absolute Gasteiger partial charge is 0.250 e. The Hall–Kier alpha value is -3.83. The van der Waals surface area contributed by atoms with Gasteiger partial charge in [0.25, 0.3) is 5.91 Å². The number of nitrogens with zero attached hydrogens (tertiary/aromatic N) is 8. The van der Waals surface area contributed by atoms with Crippen molar-refractivity contribution in [2.24, 2.45) is 0 Å². The van der Waals surface area contributed by atoms with Crippen LogP contribution in [-0.2, 0) is 21.6 Å². The maximum Gasteiger partial charge on any atom is 0.250 e. The zero-order chi connectivity index (χ0) is 25.2. The van der Waals surface area contributed by atoms with Crippen molar-refractivity contribution in [1.29, 1.82) is 0 Å². The molecule has 0 saturated carbocycles. The fourth-order valence-electron chi connectivity index (χ4n) is 5.11. The Labute approximate surface area is 208 Å². The second-order valence-corrected chi connectivity index (χ2v) is 9.75. The first-order valence-corrected chi connectivity index (χ1v) is 11.9. The SMILES string of the molecule is CCn1c(-c2cnc(C)nc2)nc2c(-c3cnc4c(c3)[C@@](C)(N3CC(C)(OC)C3)C(=O)N4)ncnc21. The molecule has 1 amide bonds. The van der Waals surface area contributed by atoms with Crippen molar-refractivity contribution in [3.05, 3.63) is 42.4 Å². The van der Waals surface area contributed by atoms with Gasteiger partial charge in [-0.2, -0.15) is 0 Å². The van der Waals surface area contributed by atoms with E-state index in [0.717, 1.165) is 22.5 Å². The zero-order valence-corrected chi connectivity index (χ0v) is 20.9. The van der Waals surface area contributed by atoms with E-state index in [2.05, 4.69) is 35.1 Å². The molecule has 184 valence electrons. The number of hydrogen-bond donors (Lipinski definition) is 1. The molecule has 4 aromatic rings. The van der Waals surface area contributed by atoms with E-state index in [4.69, 9.17) is 9.72 Å². The molecule has 6 rings (SSSR count). The lowest BCUT2D eigenvalue weighted by molar-refractivity contribution is -0.160. The van der Waals surface area contributed by atoms with Crippen LogP contribution < -0.4 is 5.32 Å². The summed E-state index contributed by atoms with van der Waals surface area (Å²) in [5.41, 5.74) is 3.31. The van der Waals surface area contributed by atoms with E-state index in [-0.39, 0.29) is 11.5 Å². The molecular formula is C25H27N9O2. The van der Waals surface area contributed by atoms with Crippen molar-refractivity contribution >= 4 is 22.9 Å². The zero-order valence-electron chi connectivity index (χ0n) is 20.9. The van der Waals surface area contributed by atoms with Gasteiger partial charge in [-0.25, -0.2) is 29.9 Å². The number of rotatable bonds is 5. The number of amides is 1. The Morgan fingerprint density at radius 3 is 2.47 bits per heavy atom. The van der Waals surface area contributed by atoms with Gasteiger partial charge in [0.05, 0.1) is 11.2 Å². The van der Waals surface area contributed by atoms with E-state index in [0.29, 0.717) is 48.1 Å². The molecular weight excluding hydrogens is 458 g/mol. The lowest BCUT2D eigenvalue weighted by atomic mass is 9.83.